The SMILES string of the molecule is COC(=O)c1cc(C(=O)Nc2ccccc2CN2CCOCC2)cc([N+](=O)[O-])c1. The fraction of sp³-hybridized carbons (Fsp3) is 0.300. The second kappa shape index (κ2) is 9.26. The zero-order valence-electron chi connectivity index (χ0n) is 15.9. The highest BCUT2D eigenvalue weighted by Crippen LogP contribution is 2.22. The van der Waals surface area contributed by atoms with E-state index < -0.39 is 16.8 Å². The molecule has 1 heterocycles. The number of nitrogens with one attached hydrogen (secondary N) is 1. The number of morpholine rings is 1. The molecule has 1 aliphatic rings. The summed E-state index contributed by atoms with van der Waals surface area (Å²) in [5.74, 6) is -1.30. The van der Waals surface area contributed by atoms with Crippen LogP contribution in [0.4, 0.5) is 11.4 Å². The van der Waals surface area contributed by atoms with Crippen molar-refractivity contribution in [1.29, 1.82) is 0 Å². The number of carbonyl (C=O) groups is 2. The van der Waals surface area contributed by atoms with Crippen LogP contribution in [0.15, 0.2) is 42.5 Å². The van der Waals surface area contributed by atoms with E-state index in [1.807, 2.05) is 12.1 Å². The fourth-order valence-electron chi connectivity index (χ4n) is 3.06. The van der Waals surface area contributed by atoms with Crippen molar-refractivity contribution < 1.29 is 24.0 Å². The first-order valence-electron chi connectivity index (χ1n) is 9.05. The molecule has 9 heteroatoms. The van der Waals surface area contributed by atoms with Crippen LogP contribution in [-0.2, 0) is 16.0 Å². The first kappa shape index (κ1) is 20.4. The minimum atomic E-state index is -0.754. The summed E-state index contributed by atoms with van der Waals surface area (Å²) in [7, 11) is 1.17. The van der Waals surface area contributed by atoms with E-state index in [4.69, 9.17) is 4.74 Å². The van der Waals surface area contributed by atoms with Crippen molar-refractivity contribution in [1.82, 2.24) is 4.90 Å². The van der Waals surface area contributed by atoms with E-state index >= 15 is 0 Å². The second-order valence-corrected chi connectivity index (χ2v) is 6.52. The van der Waals surface area contributed by atoms with E-state index in [-0.39, 0.29) is 16.8 Å². The predicted octanol–water partition coefficient (Wildman–Crippen LogP) is 2.47. The Morgan fingerprint density at radius 2 is 1.86 bits per heavy atom. The number of anilines is 1. The van der Waals surface area contributed by atoms with Crippen molar-refractivity contribution in [3.63, 3.8) is 0 Å². The van der Waals surface area contributed by atoms with Crippen molar-refractivity contribution >= 4 is 23.3 Å². The number of para-hydroxylation sites is 1. The largest absolute Gasteiger partial charge is 0.465 e. The van der Waals surface area contributed by atoms with Crippen LogP contribution in [-0.4, -0.2) is 55.1 Å². The van der Waals surface area contributed by atoms with Gasteiger partial charge >= 0.3 is 5.97 Å². The van der Waals surface area contributed by atoms with Gasteiger partial charge in [0.1, 0.15) is 0 Å². The number of esters is 1. The summed E-state index contributed by atoms with van der Waals surface area (Å²) in [6, 6.07) is 10.9. The predicted molar refractivity (Wildman–Crippen MR) is 105 cm³/mol. The van der Waals surface area contributed by atoms with Crippen LogP contribution in [0, 0.1) is 10.1 Å². The van der Waals surface area contributed by atoms with E-state index in [0.29, 0.717) is 25.4 Å². The number of amides is 1. The summed E-state index contributed by atoms with van der Waals surface area (Å²) in [6.45, 7) is 3.57. The van der Waals surface area contributed by atoms with Crippen LogP contribution in [0.25, 0.3) is 0 Å². The van der Waals surface area contributed by atoms with E-state index in [1.165, 1.54) is 13.2 Å². The smallest absolute Gasteiger partial charge is 0.338 e. The van der Waals surface area contributed by atoms with Gasteiger partial charge in [-0.05, 0) is 17.7 Å². The molecule has 152 valence electrons. The monoisotopic (exact) mass is 399 g/mol. The Bertz CT molecular complexity index is 924. The van der Waals surface area contributed by atoms with Gasteiger partial charge in [0, 0.05) is 43.0 Å². The molecule has 0 aliphatic carbocycles. The maximum atomic E-state index is 12.8. The van der Waals surface area contributed by atoms with Gasteiger partial charge in [0.15, 0.2) is 0 Å². The average molecular weight is 399 g/mol. The van der Waals surface area contributed by atoms with E-state index in [9.17, 15) is 19.7 Å². The van der Waals surface area contributed by atoms with Crippen LogP contribution in [0.2, 0.25) is 0 Å². The van der Waals surface area contributed by atoms with Gasteiger partial charge in [-0.3, -0.25) is 19.8 Å². The molecule has 0 atom stereocenters. The highest BCUT2D eigenvalue weighted by atomic mass is 16.6. The summed E-state index contributed by atoms with van der Waals surface area (Å²) in [5.41, 5.74) is 1.10. The number of nitro benzene ring substituents is 1. The van der Waals surface area contributed by atoms with Gasteiger partial charge in [0.2, 0.25) is 0 Å². The molecule has 29 heavy (non-hydrogen) atoms. The lowest BCUT2D eigenvalue weighted by Crippen LogP contribution is -2.35. The number of nitrogens with zero attached hydrogens (tertiary/aromatic N) is 2. The van der Waals surface area contributed by atoms with Crippen LogP contribution in [0.3, 0.4) is 0 Å². The third-order valence-corrected chi connectivity index (χ3v) is 4.58. The summed E-state index contributed by atoms with van der Waals surface area (Å²) in [5, 5.41) is 14.0. The first-order chi connectivity index (χ1) is 14.0. The fourth-order valence-corrected chi connectivity index (χ4v) is 3.06. The Kier molecular flexibility index (Phi) is 6.53. The van der Waals surface area contributed by atoms with Gasteiger partial charge in [-0.25, -0.2) is 4.79 Å². The van der Waals surface area contributed by atoms with Crippen LogP contribution in [0.1, 0.15) is 26.3 Å². The molecule has 1 fully saturated rings. The average Bonchev–Trinajstić information content (AvgIpc) is 2.74. The van der Waals surface area contributed by atoms with Crippen molar-refractivity contribution in [3.8, 4) is 0 Å². The Balaban J connectivity index is 1.84. The Morgan fingerprint density at radius 1 is 1.17 bits per heavy atom. The van der Waals surface area contributed by atoms with Gasteiger partial charge in [-0.2, -0.15) is 0 Å². The highest BCUT2D eigenvalue weighted by molar-refractivity contribution is 6.06. The lowest BCUT2D eigenvalue weighted by molar-refractivity contribution is -0.384. The van der Waals surface area contributed by atoms with E-state index in [2.05, 4.69) is 15.0 Å². The zero-order chi connectivity index (χ0) is 20.8. The van der Waals surface area contributed by atoms with Gasteiger partial charge in [0.05, 0.1) is 30.8 Å². The van der Waals surface area contributed by atoms with Crippen LogP contribution >= 0.6 is 0 Å². The normalized spacial score (nSPS) is 14.2. The van der Waals surface area contributed by atoms with Crippen LogP contribution in [0.5, 0.6) is 0 Å². The van der Waals surface area contributed by atoms with Crippen molar-refractivity contribution in [3.05, 3.63) is 69.3 Å². The molecule has 2 aromatic carbocycles. The summed E-state index contributed by atoms with van der Waals surface area (Å²) in [6.07, 6.45) is 0. The lowest BCUT2D eigenvalue weighted by atomic mass is 10.1. The molecule has 0 radical (unpaired) electrons. The van der Waals surface area contributed by atoms with Crippen molar-refractivity contribution in [2.24, 2.45) is 0 Å². The molecule has 0 spiro atoms. The van der Waals surface area contributed by atoms with E-state index in [0.717, 1.165) is 30.8 Å². The molecular formula is C20H21N3O6. The second-order valence-electron chi connectivity index (χ2n) is 6.52. The Hall–Kier alpha value is -3.30. The number of ether oxygens (including phenoxy) is 2. The summed E-state index contributed by atoms with van der Waals surface area (Å²) in [4.78, 5) is 37.3. The molecule has 0 saturated carbocycles. The maximum Gasteiger partial charge on any atom is 0.338 e. The number of methoxy groups -OCH3 is 1. The molecule has 9 nitrogen and oxygen atoms in total. The quantitative estimate of drug-likeness (QED) is 0.451. The molecule has 1 aliphatic heterocycles. The molecule has 1 N–H and O–H groups in total. The zero-order valence-corrected chi connectivity index (χ0v) is 15.9. The van der Waals surface area contributed by atoms with E-state index in [1.54, 1.807) is 12.1 Å². The highest BCUT2D eigenvalue weighted by Gasteiger charge is 2.19. The molecule has 0 aromatic heterocycles. The minimum absolute atomic E-state index is 0.000718. The first-order valence-corrected chi connectivity index (χ1v) is 9.05. The van der Waals surface area contributed by atoms with Crippen molar-refractivity contribution in [2.75, 3.05) is 38.7 Å². The number of non-ortho nitro benzene ring substituents is 1. The number of hydrogen-bond donors (Lipinski definition) is 1. The summed E-state index contributed by atoms with van der Waals surface area (Å²) < 4.78 is 9.97. The molecule has 0 bridgehead atoms. The molecule has 3 rings (SSSR count). The van der Waals surface area contributed by atoms with Crippen molar-refractivity contribution in [2.45, 2.75) is 6.54 Å². The van der Waals surface area contributed by atoms with Gasteiger partial charge in [-0.1, -0.05) is 18.2 Å². The number of carbonyl (C=O) groups excluding carboxylic acids is 2. The Labute approximate surface area is 167 Å². The molecule has 2 aromatic rings. The maximum absolute atomic E-state index is 12.8. The molecule has 1 saturated heterocycles. The number of nitro groups is 1. The number of benzene rings is 2. The van der Waals surface area contributed by atoms with Crippen LogP contribution < -0.4 is 5.32 Å². The number of rotatable bonds is 6. The number of hydrogen-bond acceptors (Lipinski definition) is 7. The molecule has 1 amide bonds. The topological polar surface area (TPSA) is 111 Å². The Morgan fingerprint density at radius 3 is 2.55 bits per heavy atom. The third kappa shape index (κ3) is 5.15. The van der Waals surface area contributed by atoms with Gasteiger partial charge in [-0.15, -0.1) is 0 Å². The standard InChI is InChI=1S/C20H21N3O6/c1-28-20(25)16-10-15(11-17(12-16)23(26)27)19(24)21-18-5-3-2-4-14(18)13-22-6-8-29-9-7-22/h2-5,10-12H,6-9,13H2,1H3,(H,21,24). The lowest BCUT2D eigenvalue weighted by Gasteiger charge is -2.27. The van der Waals surface area contributed by atoms with Gasteiger partial charge < -0.3 is 14.8 Å². The molecular weight excluding hydrogens is 378 g/mol. The third-order valence-electron chi connectivity index (χ3n) is 4.58. The molecule has 0 unspecified atom stereocenters. The minimum Gasteiger partial charge on any atom is -0.465 e. The summed E-state index contributed by atoms with van der Waals surface area (Å²) >= 11 is 0. The van der Waals surface area contributed by atoms with Gasteiger partial charge in [0.25, 0.3) is 11.6 Å².